The Balaban J connectivity index is 1.72. The number of amides is 2. The summed E-state index contributed by atoms with van der Waals surface area (Å²) in [7, 11) is 4.00. The fourth-order valence-corrected chi connectivity index (χ4v) is 4.73. The molecule has 1 fully saturated rings. The van der Waals surface area contributed by atoms with Crippen molar-refractivity contribution >= 4 is 40.6 Å². The normalized spacial score (nSPS) is 16.0. The molecule has 160 valence electrons. The maximum atomic E-state index is 12.6. The van der Waals surface area contributed by atoms with Crippen LogP contribution in [0.2, 0.25) is 0 Å². The van der Waals surface area contributed by atoms with Gasteiger partial charge in [0.15, 0.2) is 0 Å². The number of thioether (sulfide) groups is 1. The third-order valence-corrected chi connectivity index (χ3v) is 6.44. The molecule has 2 aromatic carbocycles. The standard InChI is InChI=1S/C24H31N3O2S/c1-4-5-6-7-11-22(28)25-19-10-8-9-18(16-19)24-27(23(29)17-30-24)21-14-12-20(13-15-21)26(2)3/h8-10,12-16,24H,4-7,11,17H2,1-3H3,(H,25,28)/t24-/m1/s1. The van der Waals surface area contributed by atoms with Gasteiger partial charge < -0.3 is 10.2 Å². The van der Waals surface area contributed by atoms with Crippen molar-refractivity contribution in [1.29, 1.82) is 0 Å². The third-order valence-electron chi connectivity index (χ3n) is 5.23. The molecule has 5 nitrogen and oxygen atoms in total. The fourth-order valence-electron chi connectivity index (χ4n) is 3.57. The molecule has 1 aliphatic heterocycles. The lowest BCUT2D eigenvalue weighted by Gasteiger charge is -2.25. The second-order valence-corrected chi connectivity index (χ2v) is 8.89. The van der Waals surface area contributed by atoms with Crippen LogP contribution in [-0.2, 0) is 9.59 Å². The van der Waals surface area contributed by atoms with Gasteiger partial charge >= 0.3 is 0 Å². The van der Waals surface area contributed by atoms with Crippen molar-refractivity contribution in [3.63, 3.8) is 0 Å². The maximum Gasteiger partial charge on any atom is 0.238 e. The van der Waals surface area contributed by atoms with Crippen molar-refractivity contribution in [2.24, 2.45) is 0 Å². The van der Waals surface area contributed by atoms with E-state index in [9.17, 15) is 9.59 Å². The summed E-state index contributed by atoms with van der Waals surface area (Å²) in [6, 6.07) is 15.9. The predicted octanol–water partition coefficient (Wildman–Crippen LogP) is 5.44. The van der Waals surface area contributed by atoms with Crippen molar-refractivity contribution in [1.82, 2.24) is 0 Å². The summed E-state index contributed by atoms with van der Waals surface area (Å²) in [5.74, 6) is 0.608. The topological polar surface area (TPSA) is 52.7 Å². The molecule has 0 aliphatic carbocycles. The molecule has 0 spiro atoms. The van der Waals surface area contributed by atoms with Crippen LogP contribution in [0.3, 0.4) is 0 Å². The Morgan fingerprint density at radius 1 is 1.13 bits per heavy atom. The van der Waals surface area contributed by atoms with E-state index in [0.29, 0.717) is 12.2 Å². The lowest BCUT2D eigenvalue weighted by atomic mass is 10.1. The van der Waals surface area contributed by atoms with Gasteiger partial charge in [-0.3, -0.25) is 14.5 Å². The first kappa shape index (κ1) is 22.2. The first-order valence-corrected chi connectivity index (χ1v) is 11.7. The fraction of sp³-hybridized carbons (Fsp3) is 0.417. The molecule has 1 atom stereocenters. The van der Waals surface area contributed by atoms with E-state index >= 15 is 0 Å². The van der Waals surface area contributed by atoms with E-state index in [-0.39, 0.29) is 17.2 Å². The Morgan fingerprint density at radius 3 is 2.60 bits per heavy atom. The van der Waals surface area contributed by atoms with E-state index < -0.39 is 0 Å². The maximum absolute atomic E-state index is 12.6. The Hall–Kier alpha value is -2.47. The van der Waals surface area contributed by atoms with E-state index in [0.717, 1.165) is 41.9 Å². The number of anilines is 3. The number of rotatable bonds is 9. The highest BCUT2D eigenvalue weighted by atomic mass is 32.2. The molecule has 1 aliphatic rings. The average molecular weight is 426 g/mol. The zero-order valence-electron chi connectivity index (χ0n) is 18.1. The van der Waals surface area contributed by atoms with E-state index in [4.69, 9.17) is 0 Å². The molecule has 1 N–H and O–H groups in total. The predicted molar refractivity (Wildman–Crippen MR) is 127 cm³/mol. The summed E-state index contributed by atoms with van der Waals surface area (Å²) in [5, 5.41) is 2.92. The molecule has 0 saturated carbocycles. The smallest absolute Gasteiger partial charge is 0.238 e. The number of nitrogens with zero attached hydrogens (tertiary/aromatic N) is 2. The van der Waals surface area contributed by atoms with E-state index in [1.807, 2.05) is 72.4 Å². The van der Waals surface area contributed by atoms with Gasteiger partial charge in [-0.15, -0.1) is 11.8 Å². The van der Waals surface area contributed by atoms with Gasteiger partial charge in [-0.25, -0.2) is 0 Å². The molecule has 2 amide bonds. The Labute approximate surface area is 183 Å². The third kappa shape index (κ3) is 5.57. The van der Waals surface area contributed by atoms with Crippen molar-refractivity contribution in [2.45, 2.75) is 44.4 Å². The Bertz CT molecular complexity index is 867. The zero-order chi connectivity index (χ0) is 21.5. The van der Waals surface area contributed by atoms with Gasteiger partial charge in [-0.2, -0.15) is 0 Å². The summed E-state index contributed by atoms with van der Waals surface area (Å²) >= 11 is 1.62. The SMILES string of the molecule is CCCCCCC(=O)Nc1cccc([C@H]2SCC(=O)N2c2ccc(N(C)C)cc2)c1. The number of unbranched alkanes of at least 4 members (excludes halogenated alkanes) is 3. The van der Waals surface area contributed by atoms with Gasteiger partial charge in [0.25, 0.3) is 0 Å². The molecule has 3 rings (SSSR count). The number of hydrogen-bond donors (Lipinski definition) is 1. The molecular formula is C24H31N3O2S. The highest BCUT2D eigenvalue weighted by molar-refractivity contribution is 8.00. The molecule has 1 saturated heterocycles. The first-order chi connectivity index (χ1) is 14.5. The monoisotopic (exact) mass is 425 g/mol. The lowest BCUT2D eigenvalue weighted by Crippen LogP contribution is -2.27. The van der Waals surface area contributed by atoms with Crippen molar-refractivity contribution in [3.05, 3.63) is 54.1 Å². The highest BCUT2D eigenvalue weighted by Crippen LogP contribution is 2.42. The van der Waals surface area contributed by atoms with Crippen LogP contribution in [0, 0.1) is 0 Å². The molecule has 1 heterocycles. The minimum atomic E-state index is -0.0934. The Morgan fingerprint density at radius 2 is 1.90 bits per heavy atom. The number of carbonyl (C=O) groups is 2. The second-order valence-electron chi connectivity index (χ2n) is 7.82. The van der Waals surface area contributed by atoms with Crippen molar-refractivity contribution < 1.29 is 9.59 Å². The van der Waals surface area contributed by atoms with E-state index in [1.165, 1.54) is 6.42 Å². The van der Waals surface area contributed by atoms with Crippen LogP contribution in [0.15, 0.2) is 48.5 Å². The molecule has 6 heteroatoms. The van der Waals surface area contributed by atoms with Gasteiger partial charge in [0.2, 0.25) is 11.8 Å². The summed E-state index contributed by atoms with van der Waals surface area (Å²) in [4.78, 5) is 28.8. The summed E-state index contributed by atoms with van der Waals surface area (Å²) < 4.78 is 0. The lowest BCUT2D eigenvalue weighted by molar-refractivity contribution is -0.117. The molecule has 0 aromatic heterocycles. The average Bonchev–Trinajstić information content (AvgIpc) is 3.13. The van der Waals surface area contributed by atoms with E-state index in [1.54, 1.807) is 11.8 Å². The molecular weight excluding hydrogens is 394 g/mol. The molecule has 30 heavy (non-hydrogen) atoms. The van der Waals surface area contributed by atoms with E-state index in [2.05, 4.69) is 12.2 Å². The van der Waals surface area contributed by atoms with Gasteiger partial charge in [0.05, 0.1) is 5.75 Å². The number of benzene rings is 2. The minimum Gasteiger partial charge on any atom is -0.378 e. The summed E-state index contributed by atoms with van der Waals surface area (Å²) in [6.07, 6.45) is 4.89. The largest absolute Gasteiger partial charge is 0.378 e. The molecule has 0 bridgehead atoms. The van der Waals surface area contributed by atoms with Gasteiger partial charge in [-0.05, 0) is 48.4 Å². The van der Waals surface area contributed by atoms with Crippen LogP contribution in [0.1, 0.15) is 50.0 Å². The van der Waals surface area contributed by atoms with Gasteiger partial charge in [0.1, 0.15) is 5.37 Å². The van der Waals surface area contributed by atoms with Crippen molar-refractivity contribution in [2.75, 3.05) is 35.0 Å². The number of nitrogens with one attached hydrogen (secondary N) is 1. The quantitative estimate of drug-likeness (QED) is 0.544. The first-order valence-electron chi connectivity index (χ1n) is 10.6. The number of carbonyl (C=O) groups excluding carboxylic acids is 2. The van der Waals surface area contributed by atoms with Crippen LogP contribution >= 0.6 is 11.8 Å². The zero-order valence-corrected chi connectivity index (χ0v) is 18.9. The van der Waals surface area contributed by atoms with Crippen LogP contribution < -0.4 is 15.1 Å². The second kappa shape index (κ2) is 10.5. The van der Waals surface area contributed by atoms with Crippen LogP contribution in [0.5, 0.6) is 0 Å². The van der Waals surface area contributed by atoms with Crippen molar-refractivity contribution in [3.8, 4) is 0 Å². The molecule has 0 unspecified atom stereocenters. The minimum absolute atomic E-state index is 0.0505. The van der Waals surface area contributed by atoms with Gasteiger partial charge in [0, 0.05) is 37.6 Å². The molecule has 2 aromatic rings. The van der Waals surface area contributed by atoms with Crippen LogP contribution in [0.4, 0.5) is 17.1 Å². The van der Waals surface area contributed by atoms with Crippen LogP contribution in [0.25, 0.3) is 0 Å². The van der Waals surface area contributed by atoms with Crippen LogP contribution in [-0.4, -0.2) is 31.7 Å². The summed E-state index contributed by atoms with van der Waals surface area (Å²) in [5.41, 5.74) is 3.80. The van der Waals surface area contributed by atoms with Gasteiger partial charge in [-0.1, -0.05) is 38.3 Å². The molecule has 0 radical (unpaired) electrons. The summed E-state index contributed by atoms with van der Waals surface area (Å²) in [6.45, 7) is 2.16. The number of hydrogen-bond acceptors (Lipinski definition) is 4. The highest BCUT2D eigenvalue weighted by Gasteiger charge is 2.34. The Kier molecular flexibility index (Phi) is 7.80.